The molecule has 3 fully saturated rings. The lowest BCUT2D eigenvalue weighted by atomic mass is 9.57. The predicted molar refractivity (Wildman–Crippen MR) is 60.8 cm³/mol. The average molecular weight is 228 g/mol. The average Bonchev–Trinajstić information content (AvgIpc) is 2.18. The van der Waals surface area contributed by atoms with Gasteiger partial charge < -0.3 is 16.2 Å². The van der Waals surface area contributed by atoms with Crippen molar-refractivity contribution in [3.8, 4) is 0 Å². The first-order valence-electron chi connectivity index (χ1n) is 5.29. The van der Waals surface area contributed by atoms with Crippen LogP contribution in [0.1, 0.15) is 38.5 Å². The number of amides is 1. The van der Waals surface area contributed by atoms with E-state index in [0.29, 0.717) is 4.99 Å². The first kappa shape index (κ1) is 10.7. The first-order valence-corrected chi connectivity index (χ1v) is 5.70. The number of nitrogens with two attached hydrogens (primary N) is 1. The molecule has 0 aromatic heterocycles. The molecular weight excluding hydrogens is 212 g/mol. The molecule has 3 aliphatic carbocycles. The topological polar surface area (TPSA) is 75.3 Å². The van der Waals surface area contributed by atoms with E-state index in [9.17, 15) is 4.79 Å². The van der Waals surface area contributed by atoms with Gasteiger partial charge in [-0.1, -0.05) is 12.2 Å². The third-order valence-electron chi connectivity index (χ3n) is 4.14. The van der Waals surface area contributed by atoms with Crippen LogP contribution in [0.15, 0.2) is 0 Å². The molecule has 3 rings (SSSR count). The largest absolute Gasteiger partial charge is 0.465 e. The highest BCUT2D eigenvalue weighted by molar-refractivity contribution is 7.80. The molecule has 0 aliphatic heterocycles. The summed E-state index contributed by atoms with van der Waals surface area (Å²) in [6.45, 7) is 0. The van der Waals surface area contributed by atoms with E-state index in [-0.39, 0.29) is 11.0 Å². The van der Waals surface area contributed by atoms with Crippen LogP contribution in [0.25, 0.3) is 0 Å². The number of fused-ring (bicyclic) bond motifs is 3. The highest BCUT2D eigenvalue weighted by Crippen LogP contribution is 2.52. The summed E-state index contributed by atoms with van der Waals surface area (Å²) in [5.41, 5.74) is 5.61. The zero-order valence-electron chi connectivity index (χ0n) is 8.58. The van der Waals surface area contributed by atoms with Crippen LogP contribution >= 0.6 is 12.2 Å². The van der Waals surface area contributed by atoms with E-state index in [2.05, 4.69) is 5.32 Å². The van der Waals surface area contributed by atoms with Crippen LogP contribution in [-0.4, -0.2) is 21.7 Å². The number of carbonyl (C=O) groups is 1. The van der Waals surface area contributed by atoms with Crippen molar-refractivity contribution in [2.75, 3.05) is 0 Å². The fourth-order valence-corrected chi connectivity index (χ4v) is 3.28. The lowest BCUT2D eigenvalue weighted by Gasteiger charge is -2.52. The smallest absolute Gasteiger partial charge is 0.405 e. The summed E-state index contributed by atoms with van der Waals surface area (Å²) in [4.78, 5) is 11.3. The van der Waals surface area contributed by atoms with Crippen LogP contribution < -0.4 is 11.1 Å². The van der Waals surface area contributed by atoms with E-state index >= 15 is 0 Å². The number of thiocarbonyl (C=S) groups is 1. The van der Waals surface area contributed by atoms with Crippen molar-refractivity contribution in [2.45, 2.75) is 44.1 Å². The summed E-state index contributed by atoms with van der Waals surface area (Å²) in [6.07, 6.45) is 4.50. The Labute approximate surface area is 94.2 Å². The first-order chi connectivity index (χ1) is 6.98. The van der Waals surface area contributed by atoms with Crippen molar-refractivity contribution in [3.05, 3.63) is 0 Å². The molecule has 4 N–H and O–H groups in total. The van der Waals surface area contributed by atoms with Crippen LogP contribution in [0.5, 0.6) is 0 Å². The molecule has 0 spiro atoms. The normalized spacial score (nSPS) is 38.7. The van der Waals surface area contributed by atoms with Crippen molar-refractivity contribution in [2.24, 2.45) is 11.1 Å². The Hall–Kier alpha value is -0.840. The summed E-state index contributed by atoms with van der Waals surface area (Å²) < 4.78 is 0. The fraction of sp³-hybridized carbons (Fsp3) is 0.800. The molecule has 0 aromatic rings. The zero-order chi connectivity index (χ0) is 11.1. The molecule has 2 bridgehead atoms. The van der Waals surface area contributed by atoms with E-state index in [0.717, 1.165) is 38.5 Å². The summed E-state index contributed by atoms with van der Waals surface area (Å²) in [7, 11) is 0. The molecule has 0 atom stereocenters. The fourth-order valence-electron chi connectivity index (χ4n) is 2.97. The Kier molecular flexibility index (Phi) is 2.37. The molecule has 5 heteroatoms. The van der Waals surface area contributed by atoms with Gasteiger partial charge in [-0.15, -0.1) is 0 Å². The van der Waals surface area contributed by atoms with Gasteiger partial charge >= 0.3 is 6.09 Å². The predicted octanol–water partition coefficient (Wildman–Crippen LogP) is 1.63. The highest BCUT2D eigenvalue weighted by Gasteiger charge is 2.50. The number of hydrogen-bond donors (Lipinski definition) is 3. The third kappa shape index (κ3) is 1.69. The maximum atomic E-state index is 10.7. The lowest BCUT2D eigenvalue weighted by molar-refractivity contribution is 0.0695. The lowest BCUT2D eigenvalue weighted by Crippen LogP contribution is -2.58. The van der Waals surface area contributed by atoms with E-state index in [1.165, 1.54) is 0 Å². The minimum absolute atomic E-state index is 0.0251. The van der Waals surface area contributed by atoms with Gasteiger partial charge in [-0.2, -0.15) is 0 Å². The maximum absolute atomic E-state index is 10.7. The van der Waals surface area contributed by atoms with Crippen molar-refractivity contribution >= 4 is 23.3 Å². The Morgan fingerprint density at radius 2 is 1.67 bits per heavy atom. The van der Waals surface area contributed by atoms with Gasteiger partial charge in [0.05, 0.1) is 4.99 Å². The van der Waals surface area contributed by atoms with Crippen molar-refractivity contribution in [1.82, 2.24) is 5.32 Å². The van der Waals surface area contributed by atoms with Gasteiger partial charge in [0.25, 0.3) is 0 Å². The number of hydrogen-bond acceptors (Lipinski definition) is 2. The Morgan fingerprint density at radius 3 is 2.00 bits per heavy atom. The zero-order valence-corrected chi connectivity index (χ0v) is 9.40. The van der Waals surface area contributed by atoms with Gasteiger partial charge in [-0.3, -0.25) is 0 Å². The molecule has 84 valence electrons. The maximum Gasteiger partial charge on any atom is 0.405 e. The number of rotatable bonds is 2. The third-order valence-corrected chi connectivity index (χ3v) is 4.57. The second kappa shape index (κ2) is 3.33. The molecular formula is C10H16N2O2S. The molecule has 1 amide bonds. The van der Waals surface area contributed by atoms with Crippen LogP contribution in [0, 0.1) is 5.41 Å². The number of nitrogens with one attached hydrogen (secondary N) is 1. The van der Waals surface area contributed by atoms with Crippen molar-refractivity contribution in [1.29, 1.82) is 0 Å². The molecule has 3 aliphatic rings. The Morgan fingerprint density at radius 1 is 1.20 bits per heavy atom. The van der Waals surface area contributed by atoms with Gasteiger partial charge in [-0.25, -0.2) is 4.79 Å². The van der Waals surface area contributed by atoms with Gasteiger partial charge in [0, 0.05) is 11.0 Å². The van der Waals surface area contributed by atoms with Gasteiger partial charge in [0.2, 0.25) is 0 Å². The van der Waals surface area contributed by atoms with Gasteiger partial charge in [0.1, 0.15) is 0 Å². The second-order valence-electron chi connectivity index (χ2n) is 4.86. The molecule has 4 nitrogen and oxygen atoms in total. The minimum atomic E-state index is -0.917. The summed E-state index contributed by atoms with van der Waals surface area (Å²) in [6, 6.07) is 0. The monoisotopic (exact) mass is 228 g/mol. The van der Waals surface area contributed by atoms with Gasteiger partial charge in [-0.05, 0) is 38.5 Å². The van der Waals surface area contributed by atoms with E-state index in [4.69, 9.17) is 23.1 Å². The molecule has 0 heterocycles. The van der Waals surface area contributed by atoms with Crippen molar-refractivity contribution < 1.29 is 9.90 Å². The van der Waals surface area contributed by atoms with E-state index in [1.54, 1.807) is 0 Å². The van der Waals surface area contributed by atoms with Crippen LogP contribution in [0.4, 0.5) is 4.79 Å². The summed E-state index contributed by atoms with van der Waals surface area (Å²) in [5, 5.41) is 11.5. The Bertz CT molecular complexity index is 292. The summed E-state index contributed by atoms with van der Waals surface area (Å²) >= 11 is 5.12. The SMILES string of the molecule is NC(=S)C12CCC(NC(=O)O)(CC1)CC2. The van der Waals surface area contributed by atoms with Crippen LogP contribution in [0.3, 0.4) is 0 Å². The minimum Gasteiger partial charge on any atom is -0.465 e. The summed E-state index contributed by atoms with van der Waals surface area (Å²) in [5.74, 6) is 0. The van der Waals surface area contributed by atoms with E-state index in [1.807, 2.05) is 0 Å². The Balaban J connectivity index is 2.10. The van der Waals surface area contributed by atoms with Crippen LogP contribution in [0.2, 0.25) is 0 Å². The molecule has 3 saturated carbocycles. The van der Waals surface area contributed by atoms with Crippen LogP contribution in [-0.2, 0) is 0 Å². The molecule has 0 radical (unpaired) electrons. The molecule has 0 saturated heterocycles. The number of carboxylic acid groups (broad SMARTS) is 1. The molecule has 15 heavy (non-hydrogen) atoms. The van der Waals surface area contributed by atoms with Gasteiger partial charge in [0.15, 0.2) is 0 Å². The second-order valence-corrected chi connectivity index (χ2v) is 5.29. The van der Waals surface area contributed by atoms with E-state index < -0.39 is 6.09 Å². The highest BCUT2D eigenvalue weighted by atomic mass is 32.1. The quantitative estimate of drug-likeness (QED) is 0.628. The molecule has 0 aromatic carbocycles. The standard InChI is InChI=1S/C10H16N2O2S/c11-7(15)9-1-4-10(5-2-9,6-3-9)12-8(13)14/h12H,1-6H2,(H2,11,15)(H,13,14). The van der Waals surface area contributed by atoms with Crippen molar-refractivity contribution in [3.63, 3.8) is 0 Å². The molecule has 0 unspecified atom stereocenters.